The van der Waals surface area contributed by atoms with Crippen LogP contribution in [0.2, 0.25) is 0 Å². The molecule has 500 valence electrons. The molecule has 3 heterocycles. The molecular formula is C69H111NO18. The van der Waals surface area contributed by atoms with Crippen LogP contribution in [0.15, 0.2) is 47.6 Å². The van der Waals surface area contributed by atoms with Gasteiger partial charge in [-0.2, -0.15) is 0 Å². The number of esters is 1. The number of nitrogens with zero attached hydrogens (tertiary/aromatic N) is 1. The van der Waals surface area contributed by atoms with Crippen molar-refractivity contribution in [2.24, 2.45) is 35.5 Å². The second kappa shape index (κ2) is 40.1. The number of methoxy groups -OCH3 is 3. The van der Waals surface area contributed by atoms with Crippen molar-refractivity contribution in [2.45, 2.75) is 264 Å². The third kappa shape index (κ3) is 24.8. The summed E-state index contributed by atoms with van der Waals surface area (Å²) in [6, 6.07) is -1.20. The molecule has 19 nitrogen and oxygen atoms in total. The highest BCUT2D eigenvalue weighted by molar-refractivity contribution is 6.39. The Balaban J connectivity index is 1.45. The Labute approximate surface area is 525 Å². The van der Waals surface area contributed by atoms with E-state index in [-0.39, 0.29) is 61.6 Å². The Kier molecular flexibility index (Phi) is 34.5. The smallest absolute Gasteiger partial charge is 0.460 e. The fraction of sp³-hybridized carbons (Fsp3) is 0.783. The van der Waals surface area contributed by atoms with Crippen molar-refractivity contribution in [2.75, 3.05) is 47.7 Å². The van der Waals surface area contributed by atoms with Gasteiger partial charge in [0.1, 0.15) is 24.4 Å². The fourth-order valence-corrected chi connectivity index (χ4v) is 12.7. The van der Waals surface area contributed by atoms with Gasteiger partial charge in [0.25, 0.3) is 11.7 Å². The van der Waals surface area contributed by atoms with E-state index in [4.69, 9.17) is 42.6 Å². The van der Waals surface area contributed by atoms with Gasteiger partial charge in [-0.3, -0.25) is 19.2 Å². The van der Waals surface area contributed by atoms with E-state index in [9.17, 15) is 43.8 Å². The predicted octanol–water partition coefficient (Wildman–Crippen LogP) is 12.2. The number of carbonyl (C=O) groups excluding carboxylic acids is 7. The molecule has 0 aromatic carbocycles. The molecule has 2 N–H and O–H groups in total. The topological polar surface area (TPSA) is 246 Å². The first kappa shape index (κ1) is 75.7. The van der Waals surface area contributed by atoms with Crippen LogP contribution in [0.4, 0.5) is 9.59 Å². The van der Waals surface area contributed by atoms with Crippen molar-refractivity contribution in [1.29, 1.82) is 0 Å². The lowest BCUT2D eigenvalue weighted by atomic mass is 9.78. The number of aliphatic hydroxyl groups is 2. The van der Waals surface area contributed by atoms with Crippen molar-refractivity contribution in [3.05, 3.63) is 47.6 Å². The van der Waals surface area contributed by atoms with Crippen molar-refractivity contribution < 1.29 is 86.4 Å². The maximum atomic E-state index is 14.7. The number of carbonyl (C=O) groups is 7. The van der Waals surface area contributed by atoms with E-state index in [0.717, 1.165) is 24.8 Å². The van der Waals surface area contributed by atoms with Gasteiger partial charge in [0.15, 0.2) is 11.6 Å². The summed E-state index contributed by atoms with van der Waals surface area (Å²) in [7, 11) is 4.48. The third-order valence-corrected chi connectivity index (χ3v) is 18.4. The van der Waals surface area contributed by atoms with E-state index < -0.39 is 108 Å². The van der Waals surface area contributed by atoms with Gasteiger partial charge >= 0.3 is 18.3 Å². The van der Waals surface area contributed by atoms with Gasteiger partial charge in [-0.25, -0.2) is 14.4 Å². The van der Waals surface area contributed by atoms with Gasteiger partial charge in [0, 0.05) is 58.5 Å². The lowest BCUT2D eigenvalue weighted by molar-refractivity contribution is -0.265. The highest BCUT2D eigenvalue weighted by atomic mass is 16.7. The minimum absolute atomic E-state index is 0.00659. The Hall–Kier alpha value is -4.79. The molecule has 4 aliphatic rings. The Morgan fingerprint density at radius 3 is 2.00 bits per heavy atom. The monoisotopic (exact) mass is 1240 g/mol. The number of unbranched alkanes of at least 4 members (excludes halogenated alkanes) is 10. The average molecular weight is 1240 g/mol. The first-order chi connectivity index (χ1) is 42.1. The number of ether oxygens (including phenoxy) is 9. The zero-order valence-corrected chi connectivity index (χ0v) is 55.2. The van der Waals surface area contributed by atoms with E-state index in [2.05, 4.69) is 6.92 Å². The highest BCUT2D eigenvalue weighted by Crippen LogP contribution is 2.38. The van der Waals surface area contributed by atoms with Crippen LogP contribution in [-0.2, 0) is 66.6 Å². The van der Waals surface area contributed by atoms with Gasteiger partial charge < -0.3 is 57.7 Å². The minimum Gasteiger partial charge on any atom is -0.460 e. The largest absolute Gasteiger partial charge is 0.508 e. The molecule has 19 heteroatoms. The maximum absolute atomic E-state index is 14.7. The number of amides is 1. The summed E-state index contributed by atoms with van der Waals surface area (Å²) in [4.78, 5) is 97.9. The molecular weight excluding hydrogens is 1130 g/mol. The van der Waals surface area contributed by atoms with Crippen LogP contribution < -0.4 is 0 Å². The summed E-state index contributed by atoms with van der Waals surface area (Å²) in [6.07, 6.45) is 21.2. The molecule has 1 unspecified atom stereocenters. The van der Waals surface area contributed by atoms with Crippen LogP contribution in [0.3, 0.4) is 0 Å². The van der Waals surface area contributed by atoms with Crippen LogP contribution in [0.25, 0.3) is 0 Å². The molecule has 0 radical (unpaired) electrons. The van der Waals surface area contributed by atoms with E-state index in [1.54, 1.807) is 34.0 Å². The molecule has 1 saturated carbocycles. The molecule has 2 saturated heterocycles. The second-order valence-electron chi connectivity index (χ2n) is 25.6. The number of hydrogen-bond donors (Lipinski definition) is 2. The summed E-state index contributed by atoms with van der Waals surface area (Å²) in [5, 5.41) is 23.7. The number of piperidine rings is 1. The molecule has 1 amide bonds. The SMILES string of the molecule is CCCCCCCCCCCCOC(=O)OCCCCOC(=O)O[C@@H]1CC[C@@H](C[C@@H](C)[C@@H]2CC(=O)C(C)=CC(C)[C@@H](O)[C@@H](OC)C(=O)[C@H](C)C[C@H](C)C=CC=CC=C(C)[C@@H](OC)C[C@@H]3CC[C@@H](C)[C@@](O)(O3)C(=O)C(=O)N3CCCC[C@H]3C(=O)O2)C[C@H]1OC. The van der Waals surface area contributed by atoms with Crippen LogP contribution in [0, 0.1) is 35.5 Å². The molecule has 3 fully saturated rings. The van der Waals surface area contributed by atoms with E-state index in [1.165, 1.54) is 64.1 Å². The first-order valence-electron chi connectivity index (χ1n) is 33.2. The van der Waals surface area contributed by atoms with Crippen molar-refractivity contribution in [3.63, 3.8) is 0 Å². The molecule has 1 aliphatic carbocycles. The van der Waals surface area contributed by atoms with E-state index >= 15 is 0 Å². The highest BCUT2D eigenvalue weighted by Gasteiger charge is 2.53. The van der Waals surface area contributed by atoms with Gasteiger partial charge in [-0.15, -0.1) is 0 Å². The van der Waals surface area contributed by atoms with Crippen molar-refractivity contribution >= 4 is 41.5 Å². The average Bonchev–Trinajstić information content (AvgIpc) is 2.62. The Morgan fingerprint density at radius 1 is 0.727 bits per heavy atom. The normalized spacial score (nSPS) is 30.8. The van der Waals surface area contributed by atoms with Gasteiger partial charge in [0.2, 0.25) is 5.79 Å². The molecule has 3 aliphatic heterocycles. The number of aliphatic hydroxyl groups excluding tert-OH is 1. The number of ketones is 3. The first-order valence-corrected chi connectivity index (χ1v) is 33.2. The number of rotatable bonds is 23. The van der Waals surface area contributed by atoms with E-state index in [1.807, 2.05) is 58.1 Å². The minimum atomic E-state index is -2.47. The number of Topliss-reactive ketones (excluding diaryl/α,β-unsaturated/α-hetero) is 3. The lowest BCUT2D eigenvalue weighted by Crippen LogP contribution is -2.61. The quantitative estimate of drug-likeness (QED) is 0.0418. The van der Waals surface area contributed by atoms with Crippen molar-refractivity contribution in [3.8, 4) is 0 Å². The van der Waals surface area contributed by atoms with Crippen LogP contribution >= 0.6 is 0 Å². The van der Waals surface area contributed by atoms with Crippen LogP contribution in [0.5, 0.6) is 0 Å². The summed E-state index contributed by atoms with van der Waals surface area (Å²) in [5.41, 5.74) is 1.13. The molecule has 4 rings (SSSR count). The molecule has 0 spiro atoms. The second-order valence-corrected chi connectivity index (χ2v) is 25.6. The van der Waals surface area contributed by atoms with Crippen LogP contribution in [-0.4, -0.2) is 159 Å². The third-order valence-electron chi connectivity index (χ3n) is 18.4. The van der Waals surface area contributed by atoms with E-state index in [0.29, 0.717) is 83.7 Å². The number of hydrogen-bond acceptors (Lipinski definition) is 18. The summed E-state index contributed by atoms with van der Waals surface area (Å²) >= 11 is 0. The number of cyclic esters (lactones) is 1. The van der Waals surface area contributed by atoms with Crippen molar-refractivity contribution in [1.82, 2.24) is 4.90 Å². The van der Waals surface area contributed by atoms with Gasteiger partial charge in [-0.1, -0.05) is 136 Å². The number of fused-ring (bicyclic) bond motifs is 3. The van der Waals surface area contributed by atoms with Crippen LogP contribution in [0.1, 0.15) is 209 Å². The fourth-order valence-electron chi connectivity index (χ4n) is 12.7. The molecule has 0 aromatic heterocycles. The molecule has 88 heavy (non-hydrogen) atoms. The molecule has 2 bridgehead atoms. The Morgan fingerprint density at radius 2 is 1.36 bits per heavy atom. The molecule has 0 aromatic rings. The predicted molar refractivity (Wildman–Crippen MR) is 334 cm³/mol. The van der Waals surface area contributed by atoms with Gasteiger partial charge in [0.05, 0.1) is 44.2 Å². The lowest BCUT2D eigenvalue weighted by Gasteiger charge is -2.42. The standard InChI is InChI=1S/C69H111NO18/c1-12-13-14-15-16-17-18-19-20-26-37-83-67(77)84-38-27-28-39-85-68(78)87-57-35-33-53(43-60(57)81-10)42-49(5)59-45-56(71)48(4)41-51(7)62(73)63(82-11)61(72)50(6)40-46(2)29-22-21-23-30-47(3)58(80-9)44-54-34-32-52(8)69(79,88-54)64(74)65(75)70-36-25-24-31-55(70)66(76)86-59/h21-23,29-30,41,46,49-55,57-60,62-63,73,79H,12-20,24-28,31-40,42-45H2,1-11H3/t46-,49-,50-,51?,52-,53+,54+,55+,57-,58+,59+,60-,62-,63+,69-/m1/s1. The molecule has 15 atom stereocenters. The zero-order chi connectivity index (χ0) is 64.8. The summed E-state index contributed by atoms with van der Waals surface area (Å²) in [5.74, 6) is -8.55. The Bertz CT molecular complexity index is 2300. The number of allylic oxidation sites excluding steroid dienone is 6. The maximum Gasteiger partial charge on any atom is 0.508 e. The summed E-state index contributed by atoms with van der Waals surface area (Å²) in [6.45, 7) is 15.3. The summed E-state index contributed by atoms with van der Waals surface area (Å²) < 4.78 is 51.4. The zero-order valence-electron chi connectivity index (χ0n) is 55.2. The van der Waals surface area contributed by atoms with Gasteiger partial charge in [-0.05, 0) is 126 Å².